The fourth-order valence-electron chi connectivity index (χ4n) is 2.59. The van der Waals surface area contributed by atoms with Crippen LogP contribution >= 0.6 is 0 Å². The fourth-order valence-corrected chi connectivity index (χ4v) is 4.25. The van der Waals surface area contributed by atoms with Crippen molar-refractivity contribution in [1.29, 1.82) is 0 Å². The third kappa shape index (κ3) is 3.61. The Kier molecular flexibility index (Phi) is 4.65. The summed E-state index contributed by atoms with van der Waals surface area (Å²) >= 11 is 0. The standard InChI is InChI=1S/C14H21N3O3S/c1-10-9-12(15)7-8-17(10)21(19,20)14-5-3-13(4-6-14)16-11(2)18/h3-6,10,12H,7-9,15H2,1-2H3,(H,16,18)/t10-,12+/m0/s1. The van der Waals surface area contributed by atoms with Crippen LogP contribution in [0, 0.1) is 0 Å². The van der Waals surface area contributed by atoms with Gasteiger partial charge in [0.1, 0.15) is 0 Å². The summed E-state index contributed by atoms with van der Waals surface area (Å²) in [5.41, 5.74) is 6.45. The van der Waals surface area contributed by atoms with E-state index in [1.807, 2.05) is 6.92 Å². The number of piperidine rings is 1. The molecular formula is C14H21N3O3S. The first-order chi connectivity index (χ1) is 9.80. The van der Waals surface area contributed by atoms with E-state index in [4.69, 9.17) is 5.73 Å². The van der Waals surface area contributed by atoms with E-state index in [1.54, 1.807) is 12.1 Å². The van der Waals surface area contributed by atoms with Gasteiger partial charge in [0.25, 0.3) is 0 Å². The van der Waals surface area contributed by atoms with Gasteiger partial charge in [-0.25, -0.2) is 8.42 Å². The Labute approximate surface area is 125 Å². The van der Waals surface area contributed by atoms with Crippen molar-refractivity contribution in [2.45, 2.75) is 43.7 Å². The average molecular weight is 311 g/mol. The largest absolute Gasteiger partial charge is 0.328 e. The van der Waals surface area contributed by atoms with Gasteiger partial charge in [0.15, 0.2) is 0 Å². The van der Waals surface area contributed by atoms with Crippen molar-refractivity contribution in [3.05, 3.63) is 24.3 Å². The Morgan fingerprint density at radius 1 is 1.33 bits per heavy atom. The molecule has 1 aliphatic heterocycles. The maximum atomic E-state index is 12.6. The molecule has 0 aliphatic carbocycles. The lowest BCUT2D eigenvalue weighted by Gasteiger charge is -2.35. The number of rotatable bonds is 3. The molecule has 1 fully saturated rings. The molecule has 1 saturated heterocycles. The monoisotopic (exact) mass is 311 g/mol. The van der Waals surface area contributed by atoms with Crippen molar-refractivity contribution in [1.82, 2.24) is 4.31 Å². The van der Waals surface area contributed by atoms with Crippen molar-refractivity contribution in [2.24, 2.45) is 5.73 Å². The molecule has 0 unspecified atom stereocenters. The minimum absolute atomic E-state index is 0.0635. The maximum Gasteiger partial charge on any atom is 0.243 e. The average Bonchev–Trinajstić information content (AvgIpc) is 2.38. The number of amides is 1. The van der Waals surface area contributed by atoms with E-state index < -0.39 is 10.0 Å². The molecule has 0 spiro atoms. The molecule has 1 heterocycles. The van der Waals surface area contributed by atoms with Gasteiger partial charge in [-0.05, 0) is 44.0 Å². The van der Waals surface area contributed by atoms with Crippen LogP contribution in [-0.2, 0) is 14.8 Å². The maximum absolute atomic E-state index is 12.6. The van der Waals surface area contributed by atoms with E-state index in [1.165, 1.54) is 23.4 Å². The molecule has 21 heavy (non-hydrogen) atoms. The molecule has 1 aromatic rings. The van der Waals surface area contributed by atoms with Crippen molar-refractivity contribution in [2.75, 3.05) is 11.9 Å². The van der Waals surface area contributed by atoms with Crippen molar-refractivity contribution in [3.63, 3.8) is 0 Å². The number of carbonyl (C=O) groups is 1. The summed E-state index contributed by atoms with van der Waals surface area (Å²) in [5, 5.41) is 2.61. The van der Waals surface area contributed by atoms with Gasteiger partial charge in [-0.1, -0.05) is 0 Å². The summed E-state index contributed by atoms with van der Waals surface area (Å²) in [5.74, 6) is -0.191. The minimum Gasteiger partial charge on any atom is -0.328 e. The molecule has 2 rings (SSSR count). The Balaban J connectivity index is 2.21. The van der Waals surface area contributed by atoms with Gasteiger partial charge in [-0.3, -0.25) is 4.79 Å². The van der Waals surface area contributed by atoms with Crippen molar-refractivity contribution in [3.8, 4) is 0 Å². The number of carbonyl (C=O) groups excluding carboxylic acids is 1. The molecular weight excluding hydrogens is 290 g/mol. The first-order valence-corrected chi connectivity index (χ1v) is 8.40. The van der Waals surface area contributed by atoms with Crippen molar-refractivity contribution >= 4 is 21.6 Å². The fraction of sp³-hybridized carbons (Fsp3) is 0.500. The molecule has 6 nitrogen and oxygen atoms in total. The zero-order valence-corrected chi connectivity index (χ0v) is 13.1. The zero-order chi connectivity index (χ0) is 15.6. The summed E-state index contributed by atoms with van der Waals surface area (Å²) in [6.07, 6.45) is 1.34. The molecule has 2 atom stereocenters. The topological polar surface area (TPSA) is 92.5 Å². The summed E-state index contributed by atoms with van der Waals surface area (Å²) in [6, 6.07) is 6.18. The summed E-state index contributed by atoms with van der Waals surface area (Å²) in [4.78, 5) is 11.2. The second kappa shape index (κ2) is 6.13. The first kappa shape index (κ1) is 15.9. The number of hydrogen-bond donors (Lipinski definition) is 2. The molecule has 0 radical (unpaired) electrons. The summed E-state index contributed by atoms with van der Waals surface area (Å²) < 4.78 is 26.8. The van der Waals surface area contributed by atoms with E-state index in [0.717, 1.165) is 0 Å². The lowest BCUT2D eigenvalue weighted by Crippen LogP contribution is -2.48. The SMILES string of the molecule is CC(=O)Nc1ccc(S(=O)(=O)N2CC[C@@H](N)C[C@@H]2C)cc1. The Morgan fingerprint density at radius 2 is 1.95 bits per heavy atom. The van der Waals surface area contributed by atoms with E-state index in [-0.39, 0.29) is 22.9 Å². The van der Waals surface area contributed by atoms with E-state index >= 15 is 0 Å². The molecule has 1 aliphatic rings. The smallest absolute Gasteiger partial charge is 0.243 e. The van der Waals surface area contributed by atoms with E-state index in [9.17, 15) is 13.2 Å². The van der Waals surface area contributed by atoms with Gasteiger partial charge < -0.3 is 11.1 Å². The highest BCUT2D eigenvalue weighted by molar-refractivity contribution is 7.89. The van der Waals surface area contributed by atoms with Crippen LogP contribution in [0.4, 0.5) is 5.69 Å². The number of nitrogens with one attached hydrogen (secondary N) is 1. The highest BCUT2D eigenvalue weighted by Gasteiger charge is 2.33. The molecule has 1 amide bonds. The second-order valence-corrected chi connectivity index (χ2v) is 7.35. The van der Waals surface area contributed by atoms with Crippen LogP contribution in [0.1, 0.15) is 26.7 Å². The Hall–Kier alpha value is -1.44. The third-order valence-corrected chi connectivity index (χ3v) is 5.66. The Bertz CT molecular complexity index is 613. The van der Waals surface area contributed by atoms with Gasteiger partial charge in [0.05, 0.1) is 4.90 Å². The molecule has 0 aromatic heterocycles. The number of hydrogen-bond acceptors (Lipinski definition) is 4. The van der Waals surface area contributed by atoms with E-state index in [2.05, 4.69) is 5.32 Å². The van der Waals surface area contributed by atoms with Crippen LogP contribution < -0.4 is 11.1 Å². The predicted octanol–water partition coefficient (Wildman–Crippen LogP) is 1.15. The molecule has 3 N–H and O–H groups in total. The quantitative estimate of drug-likeness (QED) is 0.875. The zero-order valence-electron chi connectivity index (χ0n) is 12.2. The second-order valence-electron chi connectivity index (χ2n) is 5.45. The number of anilines is 1. The Morgan fingerprint density at radius 3 is 2.48 bits per heavy atom. The van der Waals surface area contributed by atoms with Crippen LogP contribution in [-0.4, -0.2) is 37.3 Å². The predicted molar refractivity (Wildman–Crippen MR) is 81.3 cm³/mol. The highest BCUT2D eigenvalue weighted by Crippen LogP contribution is 2.25. The molecule has 0 bridgehead atoms. The number of benzene rings is 1. The van der Waals surface area contributed by atoms with Crippen LogP contribution in [0.3, 0.4) is 0 Å². The summed E-state index contributed by atoms with van der Waals surface area (Å²) in [7, 11) is -3.51. The van der Waals surface area contributed by atoms with Crippen molar-refractivity contribution < 1.29 is 13.2 Å². The number of nitrogens with zero attached hydrogens (tertiary/aromatic N) is 1. The summed E-state index contributed by atoms with van der Waals surface area (Å²) in [6.45, 7) is 3.73. The molecule has 7 heteroatoms. The molecule has 1 aromatic carbocycles. The highest BCUT2D eigenvalue weighted by atomic mass is 32.2. The first-order valence-electron chi connectivity index (χ1n) is 6.96. The number of nitrogens with two attached hydrogens (primary N) is 1. The van der Waals surface area contributed by atoms with Gasteiger partial charge in [-0.15, -0.1) is 0 Å². The third-order valence-electron chi connectivity index (χ3n) is 3.64. The van der Waals surface area contributed by atoms with Gasteiger partial charge in [-0.2, -0.15) is 4.31 Å². The van der Waals surface area contributed by atoms with Crippen LogP contribution in [0.5, 0.6) is 0 Å². The molecule has 116 valence electrons. The van der Waals surface area contributed by atoms with Crippen LogP contribution in [0.15, 0.2) is 29.2 Å². The van der Waals surface area contributed by atoms with Gasteiger partial charge >= 0.3 is 0 Å². The van der Waals surface area contributed by atoms with Gasteiger partial charge in [0.2, 0.25) is 15.9 Å². The van der Waals surface area contributed by atoms with Crippen LogP contribution in [0.25, 0.3) is 0 Å². The lowest BCUT2D eigenvalue weighted by molar-refractivity contribution is -0.114. The minimum atomic E-state index is -3.51. The van der Waals surface area contributed by atoms with Gasteiger partial charge in [0, 0.05) is 31.2 Å². The number of sulfonamides is 1. The van der Waals surface area contributed by atoms with E-state index in [0.29, 0.717) is 25.1 Å². The van der Waals surface area contributed by atoms with Crippen LogP contribution in [0.2, 0.25) is 0 Å². The molecule has 0 saturated carbocycles. The normalized spacial score (nSPS) is 23.8. The lowest BCUT2D eigenvalue weighted by atomic mass is 10.0.